The van der Waals surface area contributed by atoms with E-state index in [0.29, 0.717) is 10.9 Å². The van der Waals surface area contributed by atoms with Gasteiger partial charge in [-0.3, -0.25) is 4.55 Å². The molecular formula is C19H26O3S. The summed E-state index contributed by atoms with van der Waals surface area (Å²) in [5.41, 5.74) is 2.83. The van der Waals surface area contributed by atoms with Crippen LogP contribution in [0, 0.1) is 0 Å². The zero-order valence-electron chi connectivity index (χ0n) is 14.7. The van der Waals surface area contributed by atoms with Crippen LogP contribution in [-0.2, 0) is 10.1 Å². The third-order valence-electron chi connectivity index (χ3n) is 4.32. The number of rotatable bonds is 4. The Balaban J connectivity index is 3.13. The van der Waals surface area contributed by atoms with Gasteiger partial charge in [-0.25, -0.2) is 0 Å². The molecule has 2 aromatic carbocycles. The van der Waals surface area contributed by atoms with Crippen LogP contribution < -0.4 is 0 Å². The molecular weight excluding hydrogens is 308 g/mol. The Morgan fingerprint density at radius 2 is 1.26 bits per heavy atom. The van der Waals surface area contributed by atoms with Gasteiger partial charge in [-0.05, 0) is 39.8 Å². The highest BCUT2D eigenvalue weighted by molar-refractivity contribution is 7.86. The predicted octanol–water partition coefficient (Wildman–Crippen LogP) is 5.46. The van der Waals surface area contributed by atoms with Crippen LogP contribution in [0.1, 0.15) is 76.0 Å². The number of hydrogen-bond donors (Lipinski definition) is 1. The molecule has 0 atom stereocenters. The van der Waals surface area contributed by atoms with Crippen LogP contribution in [0.15, 0.2) is 29.2 Å². The first kappa shape index (κ1) is 18.0. The minimum absolute atomic E-state index is 0.0130. The molecule has 4 heteroatoms. The summed E-state index contributed by atoms with van der Waals surface area (Å²) in [5, 5.41) is 1.54. The van der Waals surface area contributed by atoms with E-state index in [1.54, 1.807) is 0 Å². The van der Waals surface area contributed by atoms with Crippen molar-refractivity contribution in [2.75, 3.05) is 0 Å². The summed E-state index contributed by atoms with van der Waals surface area (Å²) >= 11 is 0. The lowest BCUT2D eigenvalue weighted by Gasteiger charge is -2.22. The second-order valence-electron chi connectivity index (χ2n) is 7.09. The van der Waals surface area contributed by atoms with Crippen LogP contribution in [0.4, 0.5) is 0 Å². The van der Waals surface area contributed by atoms with Gasteiger partial charge in [-0.15, -0.1) is 0 Å². The van der Waals surface area contributed by atoms with Gasteiger partial charge in [-0.2, -0.15) is 8.42 Å². The lowest BCUT2D eigenvalue weighted by atomic mass is 9.85. The number of hydrogen-bond acceptors (Lipinski definition) is 2. The molecule has 0 saturated carbocycles. The molecule has 0 aromatic heterocycles. The van der Waals surface area contributed by atoms with Crippen molar-refractivity contribution >= 4 is 20.9 Å². The molecule has 23 heavy (non-hydrogen) atoms. The van der Waals surface area contributed by atoms with Crippen LogP contribution in [0.25, 0.3) is 10.8 Å². The molecule has 1 N–H and O–H groups in total. The van der Waals surface area contributed by atoms with Crippen LogP contribution >= 0.6 is 0 Å². The first-order chi connectivity index (χ1) is 10.6. The zero-order chi connectivity index (χ0) is 17.5. The van der Waals surface area contributed by atoms with Crippen molar-refractivity contribution in [3.63, 3.8) is 0 Å². The summed E-state index contributed by atoms with van der Waals surface area (Å²) in [4.78, 5) is 0.0798. The Bertz CT molecular complexity index is 826. The molecule has 0 aliphatic rings. The molecule has 3 nitrogen and oxygen atoms in total. The summed E-state index contributed by atoms with van der Waals surface area (Å²) < 4.78 is 34.3. The molecule has 0 heterocycles. The summed E-state index contributed by atoms with van der Waals surface area (Å²) in [6.07, 6.45) is 0. The summed E-state index contributed by atoms with van der Waals surface area (Å²) in [5.74, 6) is 0.465. The Morgan fingerprint density at radius 1 is 0.783 bits per heavy atom. The molecule has 0 radical (unpaired) electrons. The molecule has 0 spiro atoms. The van der Waals surface area contributed by atoms with Crippen molar-refractivity contribution in [3.05, 3.63) is 41.0 Å². The van der Waals surface area contributed by atoms with E-state index >= 15 is 0 Å². The van der Waals surface area contributed by atoms with Crippen molar-refractivity contribution in [2.24, 2.45) is 0 Å². The van der Waals surface area contributed by atoms with Crippen LogP contribution in [0.3, 0.4) is 0 Å². The molecule has 0 aliphatic carbocycles. The molecule has 0 unspecified atom stereocenters. The fraction of sp³-hybridized carbons (Fsp3) is 0.474. The Morgan fingerprint density at radius 3 is 1.65 bits per heavy atom. The van der Waals surface area contributed by atoms with Gasteiger partial charge in [-0.1, -0.05) is 65.8 Å². The quantitative estimate of drug-likeness (QED) is 0.756. The Hall–Kier alpha value is -1.39. The largest absolute Gasteiger partial charge is 0.295 e. The molecule has 0 amide bonds. The minimum Gasteiger partial charge on any atom is -0.282 e. The van der Waals surface area contributed by atoms with E-state index in [2.05, 4.69) is 33.8 Å². The second-order valence-corrected chi connectivity index (χ2v) is 8.45. The SMILES string of the molecule is CC(C)c1ccc2ccc(C(C)C)c(S(=O)(=O)O)c2c1C(C)C. The Kier molecular flexibility index (Phi) is 4.88. The van der Waals surface area contributed by atoms with E-state index in [1.807, 2.05) is 32.0 Å². The van der Waals surface area contributed by atoms with Crippen LogP contribution in [-0.4, -0.2) is 13.0 Å². The lowest BCUT2D eigenvalue weighted by Crippen LogP contribution is -2.09. The molecule has 2 aromatic rings. The molecule has 0 bridgehead atoms. The first-order valence-electron chi connectivity index (χ1n) is 8.12. The second kappa shape index (κ2) is 6.25. The highest BCUT2D eigenvalue weighted by Crippen LogP contribution is 2.39. The van der Waals surface area contributed by atoms with E-state index in [1.165, 1.54) is 0 Å². The van der Waals surface area contributed by atoms with Gasteiger partial charge in [0, 0.05) is 5.39 Å². The van der Waals surface area contributed by atoms with E-state index in [9.17, 15) is 13.0 Å². The summed E-state index contributed by atoms with van der Waals surface area (Å²) in [7, 11) is -4.30. The molecule has 0 aliphatic heterocycles. The lowest BCUT2D eigenvalue weighted by molar-refractivity contribution is 0.482. The molecule has 0 saturated heterocycles. The smallest absolute Gasteiger partial charge is 0.282 e. The average molecular weight is 334 g/mol. The number of fused-ring (bicyclic) bond motifs is 1. The van der Waals surface area contributed by atoms with E-state index in [-0.39, 0.29) is 22.6 Å². The highest BCUT2D eigenvalue weighted by Gasteiger charge is 2.25. The highest BCUT2D eigenvalue weighted by atomic mass is 32.2. The van der Waals surface area contributed by atoms with E-state index < -0.39 is 10.1 Å². The summed E-state index contributed by atoms with van der Waals surface area (Å²) in [6, 6.07) is 7.80. The van der Waals surface area contributed by atoms with Crippen LogP contribution in [0.2, 0.25) is 0 Å². The van der Waals surface area contributed by atoms with Crippen molar-refractivity contribution in [2.45, 2.75) is 64.2 Å². The van der Waals surface area contributed by atoms with Crippen molar-refractivity contribution < 1.29 is 13.0 Å². The minimum atomic E-state index is -4.30. The maximum Gasteiger partial charge on any atom is 0.295 e. The standard InChI is InChI=1S/C19H26O3S/c1-11(2)15-9-7-14-8-10-16(12(3)4)19(23(20,21)22)18(14)17(15)13(5)6/h7-13H,1-6H3,(H,20,21,22). The van der Waals surface area contributed by atoms with Crippen molar-refractivity contribution in [1.29, 1.82) is 0 Å². The zero-order valence-corrected chi connectivity index (χ0v) is 15.5. The van der Waals surface area contributed by atoms with Gasteiger partial charge in [0.1, 0.15) is 4.90 Å². The maximum atomic E-state index is 12.2. The van der Waals surface area contributed by atoms with Gasteiger partial charge in [0.25, 0.3) is 10.1 Å². The van der Waals surface area contributed by atoms with Crippen LogP contribution in [0.5, 0.6) is 0 Å². The third-order valence-corrected chi connectivity index (χ3v) is 5.28. The molecule has 2 rings (SSSR count). The Labute approximate surface area is 139 Å². The monoisotopic (exact) mass is 334 g/mol. The number of benzene rings is 2. The van der Waals surface area contributed by atoms with Gasteiger partial charge in [0.15, 0.2) is 0 Å². The normalized spacial score (nSPS) is 12.8. The predicted molar refractivity (Wildman–Crippen MR) is 96.0 cm³/mol. The van der Waals surface area contributed by atoms with Gasteiger partial charge in [0.05, 0.1) is 0 Å². The third kappa shape index (κ3) is 3.29. The fourth-order valence-corrected chi connectivity index (χ4v) is 4.39. The molecule has 0 fully saturated rings. The average Bonchev–Trinajstić information content (AvgIpc) is 2.42. The topological polar surface area (TPSA) is 54.4 Å². The first-order valence-corrected chi connectivity index (χ1v) is 9.56. The maximum absolute atomic E-state index is 12.2. The van der Waals surface area contributed by atoms with Crippen molar-refractivity contribution in [1.82, 2.24) is 0 Å². The van der Waals surface area contributed by atoms with Crippen molar-refractivity contribution in [3.8, 4) is 0 Å². The molecule has 126 valence electrons. The van der Waals surface area contributed by atoms with Gasteiger partial charge >= 0.3 is 0 Å². The van der Waals surface area contributed by atoms with E-state index in [4.69, 9.17) is 0 Å². The summed E-state index contributed by atoms with van der Waals surface area (Å²) in [6.45, 7) is 12.2. The van der Waals surface area contributed by atoms with Gasteiger partial charge in [0.2, 0.25) is 0 Å². The van der Waals surface area contributed by atoms with Gasteiger partial charge < -0.3 is 0 Å². The fourth-order valence-electron chi connectivity index (χ4n) is 3.30. The van der Waals surface area contributed by atoms with E-state index in [0.717, 1.165) is 16.5 Å².